The Morgan fingerprint density at radius 3 is 2.15 bits per heavy atom. The van der Waals surface area contributed by atoms with Crippen LogP contribution in [-0.2, 0) is 11.4 Å². The molecule has 9 heteroatoms. The maximum atomic E-state index is 12.6. The second-order valence-corrected chi connectivity index (χ2v) is 8.58. The zero-order valence-corrected chi connectivity index (χ0v) is 22.7. The van der Waals surface area contributed by atoms with Crippen LogP contribution in [0.3, 0.4) is 0 Å². The number of carbonyl (C=O) groups excluding carboxylic acids is 2. The number of esters is 1. The van der Waals surface area contributed by atoms with E-state index in [1.165, 1.54) is 6.21 Å². The minimum absolute atomic E-state index is 0.216. The molecule has 1 N–H and O–H groups in total. The number of nitrogens with zero attached hydrogens (tertiary/aromatic N) is 1. The molecule has 0 aromatic heterocycles. The highest BCUT2D eigenvalue weighted by Gasteiger charge is 2.13. The van der Waals surface area contributed by atoms with Crippen molar-refractivity contribution in [2.24, 2.45) is 5.10 Å². The van der Waals surface area contributed by atoms with Crippen molar-refractivity contribution in [1.82, 2.24) is 5.43 Å². The predicted octanol–water partition coefficient (Wildman–Crippen LogP) is 5.42. The number of carbonyl (C=O) groups is 2. The van der Waals surface area contributed by atoms with Crippen LogP contribution in [0.15, 0.2) is 102 Å². The molecule has 0 bridgehead atoms. The fourth-order valence-electron chi connectivity index (χ4n) is 3.58. The van der Waals surface area contributed by atoms with Crippen molar-refractivity contribution >= 4 is 18.1 Å². The SMILES string of the molecule is CCOc1cc(/C=N\NC(=O)COc2ccc(OCc3ccccc3)cc2)ccc1OC(=O)c1ccc(OC)cc1. The Kier molecular flexibility index (Phi) is 10.3. The van der Waals surface area contributed by atoms with E-state index in [1.807, 2.05) is 37.3 Å². The van der Waals surface area contributed by atoms with E-state index in [1.54, 1.807) is 73.8 Å². The van der Waals surface area contributed by atoms with E-state index in [9.17, 15) is 9.59 Å². The first-order valence-corrected chi connectivity index (χ1v) is 12.9. The number of amides is 1. The zero-order chi connectivity index (χ0) is 28.9. The number of methoxy groups -OCH3 is 1. The van der Waals surface area contributed by atoms with Crippen molar-refractivity contribution in [2.45, 2.75) is 13.5 Å². The summed E-state index contributed by atoms with van der Waals surface area (Å²) in [6, 6.07) is 28.4. The molecule has 0 unspecified atom stereocenters. The Balaban J connectivity index is 1.25. The lowest BCUT2D eigenvalue weighted by Crippen LogP contribution is -2.24. The zero-order valence-electron chi connectivity index (χ0n) is 22.7. The van der Waals surface area contributed by atoms with Gasteiger partial charge in [0.15, 0.2) is 18.1 Å². The molecule has 0 saturated carbocycles. The number of hydrogen-bond donors (Lipinski definition) is 1. The molecule has 4 aromatic rings. The number of hydrazone groups is 1. The smallest absolute Gasteiger partial charge is 0.343 e. The molecule has 0 atom stereocenters. The molecule has 1 amide bonds. The highest BCUT2D eigenvalue weighted by Crippen LogP contribution is 2.29. The molecular weight excluding hydrogens is 524 g/mol. The number of hydrogen-bond acceptors (Lipinski definition) is 8. The fourth-order valence-corrected chi connectivity index (χ4v) is 3.58. The lowest BCUT2D eigenvalue weighted by Gasteiger charge is -2.11. The largest absolute Gasteiger partial charge is 0.497 e. The van der Waals surface area contributed by atoms with Gasteiger partial charge in [0.05, 0.1) is 25.5 Å². The molecular formula is C32H30N2O7. The third-order valence-electron chi connectivity index (χ3n) is 5.64. The van der Waals surface area contributed by atoms with Crippen molar-refractivity contribution in [3.63, 3.8) is 0 Å². The van der Waals surface area contributed by atoms with E-state index in [0.29, 0.717) is 47.3 Å². The molecule has 9 nitrogen and oxygen atoms in total. The van der Waals surface area contributed by atoms with Crippen LogP contribution in [0.25, 0.3) is 0 Å². The summed E-state index contributed by atoms with van der Waals surface area (Å²) in [5.41, 5.74) is 4.50. The number of rotatable bonds is 13. The van der Waals surface area contributed by atoms with E-state index in [4.69, 9.17) is 23.7 Å². The average Bonchev–Trinajstić information content (AvgIpc) is 3.01. The summed E-state index contributed by atoms with van der Waals surface area (Å²) in [5.74, 6) is 1.53. The third-order valence-corrected chi connectivity index (χ3v) is 5.64. The first-order chi connectivity index (χ1) is 20.0. The lowest BCUT2D eigenvalue weighted by atomic mass is 10.2. The molecule has 0 heterocycles. The van der Waals surface area contributed by atoms with Gasteiger partial charge in [0.1, 0.15) is 23.9 Å². The maximum Gasteiger partial charge on any atom is 0.343 e. The van der Waals surface area contributed by atoms with Gasteiger partial charge in [-0.15, -0.1) is 0 Å². The van der Waals surface area contributed by atoms with Crippen LogP contribution in [0.2, 0.25) is 0 Å². The van der Waals surface area contributed by atoms with Crippen LogP contribution >= 0.6 is 0 Å². The summed E-state index contributed by atoms with van der Waals surface area (Å²) < 4.78 is 27.6. The van der Waals surface area contributed by atoms with Crippen LogP contribution in [0, 0.1) is 0 Å². The Bertz CT molecular complexity index is 1450. The van der Waals surface area contributed by atoms with Crippen molar-refractivity contribution < 1.29 is 33.3 Å². The second-order valence-electron chi connectivity index (χ2n) is 8.58. The Hall–Kier alpha value is -5.31. The van der Waals surface area contributed by atoms with Crippen LogP contribution in [-0.4, -0.2) is 38.4 Å². The Morgan fingerprint density at radius 2 is 1.46 bits per heavy atom. The predicted molar refractivity (Wildman–Crippen MR) is 154 cm³/mol. The van der Waals surface area contributed by atoms with Gasteiger partial charge in [0.2, 0.25) is 0 Å². The molecule has 0 aliphatic rings. The van der Waals surface area contributed by atoms with Gasteiger partial charge < -0.3 is 23.7 Å². The molecule has 4 rings (SSSR count). The molecule has 4 aromatic carbocycles. The average molecular weight is 555 g/mol. The van der Waals surface area contributed by atoms with E-state index in [-0.39, 0.29) is 12.4 Å². The fraction of sp³-hybridized carbons (Fsp3) is 0.156. The molecule has 0 radical (unpaired) electrons. The van der Waals surface area contributed by atoms with E-state index < -0.39 is 11.9 Å². The monoisotopic (exact) mass is 554 g/mol. The van der Waals surface area contributed by atoms with Crippen LogP contribution in [0.1, 0.15) is 28.4 Å². The van der Waals surface area contributed by atoms with Crippen LogP contribution < -0.4 is 29.1 Å². The quantitative estimate of drug-likeness (QED) is 0.102. The lowest BCUT2D eigenvalue weighted by molar-refractivity contribution is -0.123. The van der Waals surface area contributed by atoms with Gasteiger partial charge in [-0.3, -0.25) is 4.79 Å². The van der Waals surface area contributed by atoms with Crippen molar-refractivity contribution in [3.05, 3.63) is 114 Å². The van der Waals surface area contributed by atoms with Gasteiger partial charge in [0, 0.05) is 0 Å². The summed E-state index contributed by atoms with van der Waals surface area (Å²) >= 11 is 0. The standard InChI is InChI=1S/C32H30N2O7/c1-3-38-30-19-24(9-18-29(30)41-32(36)25-10-12-26(37-2)13-11-25)20-33-34-31(35)22-40-28-16-14-27(15-17-28)39-21-23-7-5-4-6-8-23/h4-20H,3,21-22H2,1-2H3,(H,34,35)/b33-20-. The van der Waals surface area contributed by atoms with E-state index in [2.05, 4.69) is 10.5 Å². The van der Waals surface area contributed by atoms with E-state index >= 15 is 0 Å². The minimum Gasteiger partial charge on any atom is -0.497 e. The first-order valence-electron chi connectivity index (χ1n) is 12.9. The second kappa shape index (κ2) is 14.7. The molecule has 0 aliphatic heterocycles. The Labute approximate surface area is 238 Å². The summed E-state index contributed by atoms with van der Waals surface area (Å²) in [7, 11) is 1.55. The van der Waals surface area contributed by atoms with Gasteiger partial charge in [-0.05, 0) is 84.8 Å². The topological polar surface area (TPSA) is 105 Å². The Morgan fingerprint density at radius 1 is 0.780 bits per heavy atom. The number of ether oxygens (including phenoxy) is 5. The highest BCUT2D eigenvalue weighted by atomic mass is 16.6. The van der Waals surface area contributed by atoms with Gasteiger partial charge in [-0.1, -0.05) is 30.3 Å². The van der Waals surface area contributed by atoms with Crippen molar-refractivity contribution in [3.8, 4) is 28.7 Å². The third kappa shape index (κ3) is 8.86. The van der Waals surface area contributed by atoms with Crippen molar-refractivity contribution in [2.75, 3.05) is 20.3 Å². The maximum absolute atomic E-state index is 12.6. The summed E-state index contributed by atoms with van der Waals surface area (Å²) in [4.78, 5) is 24.7. The number of nitrogens with one attached hydrogen (secondary N) is 1. The van der Waals surface area contributed by atoms with E-state index in [0.717, 1.165) is 5.56 Å². The molecule has 0 aliphatic carbocycles. The summed E-state index contributed by atoms with van der Waals surface area (Å²) in [6.45, 7) is 2.43. The molecule has 41 heavy (non-hydrogen) atoms. The summed E-state index contributed by atoms with van der Waals surface area (Å²) in [6.07, 6.45) is 1.45. The molecule has 0 spiro atoms. The van der Waals surface area contributed by atoms with Gasteiger partial charge in [0.25, 0.3) is 5.91 Å². The van der Waals surface area contributed by atoms with Crippen LogP contribution in [0.5, 0.6) is 28.7 Å². The van der Waals surface area contributed by atoms with Crippen molar-refractivity contribution in [1.29, 1.82) is 0 Å². The molecule has 210 valence electrons. The van der Waals surface area contributed by atoms with Gasteiger partial charge >= 0.3 is 5.97 Å². The summed E-state index contributed by atoms with van der Waals surface area (Å²) in [5, 5.41) is 3.98. The normalized spacial score (nSPS) is 10.6. The highest BCUT2D eigenvalue weighted by molar-refractivity contribution is 5.92. The minimum atomic E-state index is -0.531. The molecule has 0 saturated heterocycles. The van der Waals surface area contributed by atoms with Gasteiger partial charge in [-0.2, -0.15) is 5.10 Å². The van der Waals surface area contributed by atoms with Gasteiger partial charge in [-0.25, -0.2) is 10.2 Å². The number of benzene rings is 4. The molecule has 0 fully saturated rings. The van der Waals surface area contributed by atoms with Crippen LogP contribution in [0.4, 0.5) is 0 Å². The first kappa shape index (κ1) is 28.7.